The van der Waals surface area contributed by atoms with Gasteiger partial charge in [-0.1, -0.05) is 6.07 Å². The molecule has 4 heterocycles. The largest absolute Gasteiger partial charge is 0.497 e. The molecule has 1 fully saturated rings. The van der Waals surface area contributed by atoms with Gasteiger partial charge in [-0.15, -0.1) is 0 Å². The Hall–Kier alpha value is -3.71. The molecule has 0 aliphatic carbocycles. The summed E-state index contributed by atoms with van der Waals surface area (Å²) < 4.78 is 19.4. The van der Waals surface area contributed by atoms with Crippen LogP contribution in [0.4, 0.5) is 4.39 Å². The molecule has 3 aromatic heterocycles. The molecule has 5 aromatic rings. The van der Waals surface area contributed by atoms with Gasteiger partial charge in [-0.05, 0) is 73.3 Å². The van der Waals surface area contributed by atoms with E-state index in [4.69, 9.17) is 4.74 Å². The van der Waals surface area contributed by atoms with Crippen LogP contribution in [-0.4, -0.2) is 40.4 Å². The summed E-state index contributed by atoms with van der Waals surface area (Å²) in [5.41, 5.74) is 6.57. The first kappa shape index (κ1) is 19.9. The molecular weight excluding hydrogens is 417 g/mol. The summed E-state index contributed by atoms with van der Waals surface area (Å²) in [5.74, 6) is 0.697. The predicted octanol–water partition coefficient (Wildman–Crippen LogP) is 5.39. The molecule has 6 nitrogen and oxygen atoms in total. The van der Waals surface area contributed by atoms with Crippen LogP contribution in [0.25, 0.3) is 44.3 Å². The van der Waals surface area contributed by atoms with E-state index in [0.717, 1.165) is 70.3 Å². The van der Waals surface area contributed by atoms with Gasteiger partial charge in [0.1, 0.15) is 17.3 Å². The number of hydrogen-bond acceptors (Lipinski definition) is 4. The van der Waals surface area contributed by atoms with E-state index in [1.54, 1.807) is 12.4 Å². The highest BCUT2D eigenvalue weighted by atomic mass is 19.1. The monoisotopic (exact) mass is 441 g/mol. The second-order valence-corrected chi connectivity index (χ2v) is 8.61. The molecule has 2 aromatic carbocycles. The van der Waals surface area contributed by atoms with Gasteiger partial charge in [0.15, 0.2) is 0 Å². The maximum atomic E-state index is 14.2. The number of methoxy groups -OCH3 is 1. The molecule has 1 aliphatic rings. The van der Waals surface area contributed by atoms with E-state index >= 15 is 0 Å². The Morgan fingerprint density at radius 2 is 1.85 bits per heavy atom. The summed E-state index contributed by atoms with van der Waals surface area (Å²) in [6.07, 6.45) is 5.84. The van der Waals surface area contributed by atoms with Crippen molar-refractivity contribution in [2.75, 3.05) is 20.2 Å². The molecule has 166 valence electrons. The predicted molar refractivity (Wildman–Crippen MR) is 128 cm³/mol. The highest BCUT2D eigenvalue weighted by Gasteiger charge is 2.19. The van der Waals surface area contributed by atoms with Gasteiger partial charge in [-0.2, -0.15) is 5.10 Å². The standard InChI is InChI=1S/C26H24FN5O/c1-33-19-9-17(8-18(27)11-19)22-13-29-14-25-20(22)12-24(30-25)26-21-10-16(2-3-23(21)31-32-26)15-4-6-28-7-5-15/h2-3,8-15,28,30H,4-7H2,1H3,(H,31,32). The molecule has 0 saturated carbocycles. The molecule has 3 N–H and O–H groups in total. The van der Waals surface area contributed by atoms with E-state index < -0.39 is 0 Å². The zero-order valence-corrected chi connectivity index (χ0v) is 18.3. The van der Waals surface area contributed by atoms with Gasteiger partial charge in [0.2, 0.25) is 0 Å². The molecule has 7 heteroatoms. The first-order chi connectivity index (χ1) is 16.2. The van der Waals surface area contributed by atoms with Crippen molar-refractivity contribution in [1.29, 1.82) is 0 Å². The van der Waals surface area contributed by atoms with Crippen LogP contribution in [0.15, 0.2) is 54.9 Å². The number of nitrogens with zero attached hydrogens (tertiary/aromatic N) is 2. The molecule has 0 radical (unpaired) electrons. The molecule has 0 spiro atoms. The van der Waals surface area contributed by atoms with Crippen LogP contribution >= 0.6 is 0 Å². The Morgan fingerprint density at radius 3 is 2.70 bits per heavy atom. The molecular formula is C26H24FN5O. The van der Waals surface area contributed by atoms with Crippen molar-refractivity contribution >= 4 is 21.8 Å². The molecule has 0 bridgehead atoms. The van der Waals surface area contributed by atoms with E-state index in [0.29, 0.717) is 11.7 Å². The molecule has 0 amide bonds. The maximum absolute atomic E-state index is 14.2. The Bertz CT molecular complexity index is 1460. The second-order valence-electron chi connectivity index (χ2n) is 8.61. The number of hydrogen-bond donors (Lipinski definition) is 3. The van der Waals surface area contributed by atoms with Crippen LogP contribution in [0.3, 0.4) is 0 Å². The molecule has 1 saturated heterocycles. The highest BCUT2D eigenvalue weighted by Crippen LogP contribution is 2.36. The topological polar surface area (TPSA) is 78.6 Å². The number of rotatable bonds is 4. The number of nitrogens with one attached hydrogen (secondary N) is 3. The first-order valence-electron chi connectivity index (χ1n) is 11.2. The number of ether oxygens (including phenoxy) is 1. The molecule has 33 heavy (non-hydrogen) atoms. The Balaban J connectivity index is 1.46. The highest BCUT2D eigenvalue weighted by molar-refractivity contribution is 6.00. The van der Waals surface area contributed by atoms with Crippen LogP contribution in [0.2, 0.25) is 0 Å². The summed E-state index contributed by atoms with van der Waals surface area (Å²) in [6.45, 7) is 2.12. The van der Waals surface area contributed by atoms with Crippen LogP contribution in [-0.2, 0) is 0 Å². The normalized spacial score (nSPS) is 14.8. The van der Waals surface area contributed by atoms with Gasteiger partial charge < -0.3 is 15.0 Å². The lowest BCUT2D eigenvalue weighted by atomic mass is 9.89. The van der Waals surface area contributed by atoms with Crippen molar-refractivity contribution in [3.05, 3.63) is 66.2 Å². The Morgan fingerprint density at radius 1 is 0.970 bits per heavy atom. The minimum atomic E-state index is -0.346. The SMILES string of the molecule is COc1cc(F)cc(-c2cncc3[nH]c(-c4n[nH]c5ccc(C6CCNCC6)cc45)cc23)c1. The van der Waals surface area contributed by atoms with Crippen molar-refractivity contribution in [2.24, 2.45) is 0 Å². The van der Waals surface area contributed by atoms with Gasteiger partial charge in [-0.3, -0.25) is 10.1 Å². The van der Waals surface area contributed by atoms with E-state index in [1.165, 1.54) is 24.8 Å². The van der Waals surface area contributed by atoms with Crippen molar-refractivity contribution < 1.29 is 9.13 Å². The van der Waals surface area contributed by atoms with Crippen LogP contribution in [0.5, 0.6) is 5.75 Å². The smallest absolute Gasteiger partial charge is 0.127 e. The molecule has 0 unspecified atom stereocenters. The summed E-state index contributed by atoms with van der Waals surface area (Å²) in [4.78, 5) is 7.84. The van der Waals surface area contributed by atoms with Crippen LogP contribution in [0, 0.1) is 5.82 Å². The lowest BCUT2D eigenvalue weighted by Crippen LogP contribution is -2.26. The van der Waals surface area contributed by atoms with Crippen molar-refractivity contribution in [2.45, 2.75) is 18.8 Å². The number of piperidine rings is 1. The van der Waals surface area contributed by atoms with Gasteiger partial charge in [0.25, 0.3) is 0 Å². The van der Waals surface area contributed by atoms with Crippen LogP contribution in [0.1, 0.15) is 24.3 Å². The third-order valence-electron chi connectivity index (χ3n) is 6.62. The molecule has 1 aliphatic heterocycles. The average molecular weight is 442 g/mol. The van der Waals surface area contributed by atoms with Gasteiger partial charge >= 0.3 is 0 Å². The number of fused-ring (bicyclic) bond motifs is 2. The third kappa shape index (κ3) is 3.54. The Kier molecular flexibility index (Phi) is 4.84. The lowest BCUT2D eigenvalue weighted by Gasteiger charge is -2.23. The fraction of sp³-hybridized carbons (Fsp3) is 0.231. The van der Waals surface area contributed by atoms with E-state index in [9.17, 15) is 4.39 Å². The van der Waals surface area contributed by atoms with Gasteiger partial charge in [0.05, 0.1) is 30.0 Å². The van der Waals surface area contributed by atoms with Crippen LogP contribution < -0.4 is 10.1 Å². The third-order valence-corrected chi connectivity index (χ3v) is 6.62. The average Bonchev–Trinajstić information content (AvgIpc) is 3.47. The number of aromatic nitrogens is 4. The van der Waals surface area contributed by atoms with Gasteiger partial charge in [-0.25, -0.2) is 4.39 Å². The maximum Gasteiger partial charge on any atom is 0.127 e. The van der Waals surface area contributed by atoms with Crippen molar-refractivity contribution in [1.82, 2.24) is 25.5 Å². The van der Waals surface area contributed by atoms with Crippen molar-refractivity contribution in [3.63, 3.8) is 0 Å². The summed E-state index contributed by atoms with van der Waals surface area (Å²) in [7, 11) is 1.53. The van der Waals surface area contributed by atoms with E-state index in [1.807, 2.05) is 6.07 Å². The zero-order chi connectivity index (χ0) is 22.4. The number of H-pyrrole nitrogens is 2. The minimum absolute atomic E-state index is 0.346. The van der Waals surface area contributed by atoms with E-state index in [2.05, 4.69) is 49.7 Å². The molecule has 6 rings (SSSR count). The quantitative estimate of drug-likeness (QED) is 0.350. The zero-order valence-electron chi connectivity index (χ0n) is 18.3. The first-order valence-corrected chi connectivity index (χ1v) is 11.2. The van der Waals surface area contributed by atoms with E-state index in [-0.39, 0.29) is 5.82 Å². The minimum Gasteiger partial charge on any atom is -0.497 e. The number of benzene rings is 2. The number of halogens is 1. The second kappa shape index (κ2) is 8.01. The Labute approximate surface area is 190 Å². The van der Waals surface area contributed by atoms with Gasteiger partial charge in [0, 0.05) is 28.6 Å². The molecule has 0 atom stereocenters. The summed E-state index contributed by atoms with van der Waals surface area (Å²) >= 11 is 0. The lowest BCUT2D eigenvalue weighted by molar-refractivity contribution is 0.411. The van der Waals surface area contributed by atoms with Crippen molar-refractivity contribution in [3.8, 4) is 28.3 Å². The number of pyridine rings is 1. The fourth-order valence-electron chi connectivity index (χ4n) is 4.89. The summed E-state index contributed by atoms with van der Waals surface area (Å²) in [6, 6.07) is 13.4. The fourth-order valence-corrected chi connectivity index (χ4v) is 4.89. The summed E-state index contributed by atoms with van der Waals surface area (Å²) in [5, 5.41) is 13.3. The number of aromatic amines is 2.